The summed E-state index contributed by atoms with van der Waals surface area (Å²) in [6.45, 7) is 3.53. The Morgan fingerprint density at radius 1 is 1.47 bits per heavy atom. The molecule has 1 rings (SSSR count). The molecule has 1 atom stereocenters. The number of rotatable bonds is 5. The number of carbonyl (C=O) groups excluding carboxylic acids is 1. The summed E-state index contributed by atoms with van der Waals surface area (Å²) >= 11 is 0. The molecule has 0 spiro atoms. The van der Waals surface area contributed by atoms with Gasteiger partial charge in [0.05, 0.1) is 0 Å². The summed E-state index contributed by atoms with van der Waals surface area (Å²) in [7, 11) is 0. The van der Waals surface area contributed by atoms with E-state index in [-0.39, 0.29) is 24.4 Å². The molecule has 0 bridgehead atoms. The van der Waals surface area contributed by atoms with Crippen molar-refractivity contribution in [1.82, 2.24) is 0 Å². The fraction of sp³-hybridized carbons (Fsp3) is 0.462. The lowest BCUT2D eigenvalue weighted by Crippen LogP contribution is -2.10. The van der Waals surface area contributed by atoms with E-state index in [4.69, 9.17) is 10.5 Å². The molecule has 1 aromatic carbocycles. The van der Waals surface area contributed by atoms with Crippen molar-refractivity contribution in [1.29, 1.82) is 0 Å². The quantitative estimate of drug-likeness (QED) is 0.651. The van der Waals surface area contributed by atoms with Crippen LogP contribution in [0.5, 0.6) is 5.75 Å². The summed E-state index contributed by atoms with van der Waals surface area (Å²) in [5.41, 5.74) is 7.06. The minimum absolute atomic E-state index is 0. The molecule has 96 valence electrons. The molecule has 0 amide bonds. The first-order valence-corrected chi connectivity index (χ1v) is 5.67. The van der Waals surface area contributed by atoms with E-state index < -0.39 is 0 Å². The summed E-state index contributed by atoms with van der Waals surface area (Å²) in [6.07, 6.45) is 3.20. The van der Waals surface area contributed by atoms with E-state index >= 15 is 0 Å². The molecule has 1 aromatic rings. The van der Waals surface area contributed by atoms with Gasteiger partial charge in [0, 0.05) is 13.0 Å². The van der Waals surface area contributed by atoms with Crippen LogP contribution in [-0.2, 0) is 4.79 Å². The predicted molar refractivity (Wildman–Crippen MR) is 71.5 cm³/mol. The maximum Gasteiger partial charge on any atom is 0.308 e. The number of carbonyl (C=O) groups is 1. The number of unbranched alkanes of at least 4 members (excludes halogenated alkanes) is 1. The van der Waals surface area contributed by atoms with Crippen LogP contribution in [0.3, 0.4) is 0 Å². The Morgan fingerprint density at radius 2 is 2.18 bits per heavy atom. The third-order valence-electron chi connectivity index (χ3n) is 2.42. The minimum Gasteiger partial charge on any atom is -0.427 e. The van der Waals surface area contributed by atoms with Crippen LogP contribution in [0.2, 0.25) is 0 Å². The standard InChI is InChI=1S/C13H19NO2.ClH/c1-3-4-8-13(14)11-6-5-7-12(9-11)16-10(2)15;/h5-7,9,13H,3-4,8,14H2,1-2H3;1H/t13-;/m1./s1. The smallest absolute Gasteiger partial charge is 0.308 e. The number of halogens is 1. The lowest BCUT2D eigenvalue weighted by Gasteiger charge is -2.12. The van der Waals surface area contributed by atoms with Crippen LogP contribution in [-0.4, -0.2) is 5.97 Å². The first-order chi connectivity index (χ1) is 7.63. The van der Waals surface area contributed by atoms with E-state index in [2.05, 4.69) is 6.92 Å². The van der Waals surface area contributed by atoms with Gasteiger partial charge in [0.25, 0.3) is 0 Å². The molecule has 0 saturated heterocycles. The summed E-state index contributed by atoms with van der Waals surface area (Å²) in [6, 6.07) is 7.45. The van der Waals surface area contributed by atoms with Gasteiger partial charge in [0.2, 0.25) is 0 Å². The molecular weight excluding hydrogens is 238 g/mol. The van der Waals surface area contributed by atoms with Gasteiger partial charge >= 0.3 is 5.97 Å². The van der Waals surface area contributed by atoms with Crippen molar-refractivity contribution in [2.75, 3.05) is 0 Å². The zero-order chi connectivity index (χ0) is 12.0. The van der Waals surface area contributed by atoms with E-state index in [9.17, 15) is 4.79 Å². The van der Waals surface area contributed by atoms with Crippen LogP contribution in [0.1, 0.15) is 44.7 Å². The second-order valence-electron chi connectivity index (χ2n) is 3.91. The zero-order valence-electron chi connectivity index (χ0n) is 10.3. The van der Waals surface area contributed by atoms with E-state index in [1.165, 1.54) is 6.92 Å². The molecule has 0 aliphatic heterocycles. The Kier molecular flexibility index (Phi) is 7.59. The van der Waals surface area contributed by atoms with E-state index in [1.807, 2.05) is 18.2 Å². The molecule has 0 fully saturated rings. The van der Waals surface area contributed by atoms with Crippen LogP contribution >= 0.6 is 12.4 Å². The van der Waals surface area contributed by atoms with Gasteiger partial charge in [0.1, 0.15) is 5.75 Å². The van der Waals surface area contributed by atoms with Crippen molar-refractivity contribution in [2.45, 2.75) is 39.2 Å². The van der Waals surface area contributed by atoms with Crippen LogP contribution in [0.4, 0.5) is 0 Å². The molecule has 4 heteroatoms. The number of ether oxygens (including phenoxy) is 1. The van der Waals surface area contributed by atoms with Crippen molar-refractivity contribution in [3.63, 3.8) is 0 Å². The van der Waals surface area contributed by atoms with Gasteiger partial charge in [0.15, 0.2) is 0 Å². The summed E-state index contributed by atoms with van der Waals surface area (Å²) in [4.78, 5) is 10.8. The highest BCUT2D eigenvalue weighted by Crippen LogP contribution is 2.21. The monoisotopic (exact) mass is 257 g/mol. The van der Waals surface area contributed by atoms with Crippen LogP contribution in [0.25, 0.3) is 0 Å². The average Bonchev–Trinajstić information content (AvgIpc) is 2.25. The highest BCUT2D eigenvalue weighted by atomic mass is 35.5. The normalized spacial score (nSPS) is 11.5. The number of hydrogen-bond acceptors (Lipinski definition) is 3. The van der Waals surface area contributed by atoms with Gasteiger partial charge in [-0.1, -0.05) is 31.9 Å². The highest BCUT2D eigenvalue weighted by Gasteiger charge is 2.07. The minimum atomic E-state index is -0.306. The largest absolute Gasteiger partial charge is 0.427 e. The number of hydrogen-bond donors (Lipinski definition) is 1. The number of esters is 1. The second kappa shape index (κ2) is 8.09. The topological polar surface area (TPSA) is 52.3 Å². The third-order valence-corrected chi connectivity index (χ3v) is 2.42. The molecule has 3 nitrogen and oxygen atoms in total. The average molecular weight is 258 g/mol. The Bertz CT molecular complexity index is 355. The summed E-state index contributed by atoms with van der Waals surface area (Å²) in [5, 5.41) is 0. The van der Waals surface area contributed by atoms with Crippen molar-refractivity contribution in [3.8, 4) is 5.75 Å². The maximum atomic E-state index is 10.8. The number of benzene rings is 1. The zero-order valence-corrected chi connectivity index (χ0v) is 11.1. The first kappa shape index (κ1) is 15.9. The van der Waals surface area contributed by atoms with Crippen LogP contribution < -0.4 is 10.5 Å². The molecule has 0 aromatic heterocycles. The second-order valence-corrected chi connectivity index (χ2v) is 3.91. The van der Waals surface area contributed by atoms with Gasteiger partial charge in [-0.2, -0.15) is 0 Å². The van der Waals surface area contributed by atoms with E-state index in [1.54, 1.807) is 6.07 Å². The maximum absolute atomic E-state index is 10.8. The van der Waals surface area contributed by atoms with Gasteiger partial charge in [-0.25, -0.2) is 0 Å². The predicted octanol–water partition coefficient (Wildman–Crippen LogP) is 3.22. The van der Waals surface area contributed by atoms with Crippen LogP contribution in [0, 0.1) is 0 Å². The molecular formula is C13H20ClNO2. The van der Waals surface area contributed by atoms with Crippen molar-refractivity contribution < 1.29 is 9.53 Å². The molecule has 17 heavy (non-hydrogen) atoms. The molecule has 0 aliphatic rings. The van der Waals surface area contributed by atoms with Crippen LogP contribution in [0.15, 0.2) is 24.3 Å². The van der Waals surface area contributed by atoms with Crippen molar-refractivity contribution in [2.24, 2.45) is 5.73 Å². The molecule has 0 heterocycles. The summed E-state index contributed by atoms with van der Waals surface area (Å²) < 4.78 is 5.02. The third kappa shape index (κ3) is 5.71. The van der Waals surface area contributed by atoms with Crippen molar-refractivity contribution in [3.05, 3.63) is 29.8 Å². The molecule has 0 unspecified atom stereocenters. The summed E-state index contributed by atoms with van der Waals surface area (Å²) in [5.74, 6) is 0.260. The van der Waals surface area contributed by atoms with Gasteiger partial charge < -0.3 is 10.5 Å². The van der Waals surface area contributed by atoms with Gasteiger partial charge in [-0.3, -0.25) is 4.79 Å². The Labute approximate surface area is 109 Å². The Morgan fingerprint density at radius 3 is 2.76 bits per heavy atom. The first-order valence-electron chi connectivity index (χ1n) is 5.67. The number of nitrogens with two attached hydrogens (primary N) is 1. The van der Waals surface area contributed by atoms with Gasteiger partial charge in [-0.15, -0.1) is 12.4 Å². The molecule has 0 radical (unpaired) electrons. The highest BCUT2D eigenvalue weighted by molar-refractivity contribution is 5.85. The molecule has 2 N–H and O–H groups in total. The Hall–Kier alpha value is -1.06. The van der Waals surface area contributed by atoms with E-state index in [0.717, 1.165) is 24.8 Å². The molecule has 0 saturated carbocycles. The fourth-order valence-corrected chi connectivity index (χ4v) is 1.57. The van der Waals surface area contributed by atoms with E-state index in [0.29, 0.717) is 5.75 Å². The lowest BCUT2D eigenvalue weighted by atomic mass is 10.0. The Balaban J connectivity index is 0.00000256. The SMILES string of the molecule is CCCC[C@@H](N)c1cccc(OC(C)=O)c1.Cl. The lowest BCUT2D eigenvalue weighted by molar-refractivity contribution is -0.131. The molecule has 0 aliphatic carbocycles. The van der Waals surface area contributed by atoms with Gasteiger partial charge in [-0.05, 0) is 24.1 Å². The van der Waals surface area contributed by atoms with Crippen molar-refractivity contribution >= 4 is 18.4 Å². The fourth-order valence-electron chi connectivity index (χ4n) is 1.57.